The first-order valence-corrected chi connectivity index (χ1v) is 9.64. The molecule has 0 spiro atoms. The normalized spacial score (nSPS) is 12.9. The minimum absolute atomic E-state index is 0.0667. The number of rotatable bonds is 7. The molecule has 10 heteroatoms. The Labute approximate surface area is 128 Å². The highest BCUT2D eigenvalue weighted by Crippen LogP contribution is 2.35. The molecule has 1 aromatic carbocycles. The molecule has 1 aromatic rings. The second kappa shape index (κ2) is 7.16. The molecule has 0 saturated heterocycles. The number of sulfone groups is 1. The van der Waals surface area contributed by atoms with Gasteiger partial charge in [0, 0.05) is 11.8 Å². The highest BCUT2D eigenvalue weighted by Gasteiger charge is 2.20. The summed E-state index contributed by atoms with van der Waals surface area (Å²) in [5, 5.41) is 0. The minimum Gasteiger partial charge on any atom is -0.350 e. The summed E-state index contributed by atoms with van der Waals surface area (Å²) in [4.78, 5) is 16.8. The molecule has 0 aliphatic heterocycles. The average Bonchev–Trinajstić information content (AvgIpc) is 2.32. The molecule has 0 saturated carbocycles. The maximum Gasteiger partial charge on any atom is 0.471 e. The van der Waals surface area contributed by atoms with Gasteiger partial charge in [-0.2, -0.15) is 0 Å². The van der Waals surface area contributed by atoms with Crippen LogP contribution in [0.1, 0.15) is 30.9 Å². The van der Waals surface area contributed by atoms with Gasteiger partial charge in [-0.25, -0.2) is 17.4 Å². The zero-order valence-electron chi connectivity index (χ0n) is 12.3. The van der Waals surface area contributed by atoms with Crippen LogP contribution >= 0.6 is 7.82 Å². The molecule has 0 unspecified atom stereocenters. The molecule has 0 fully saturated rings. The summed E-state index contributed by atoms with van der Waals surface area (Å²) < 4.78 is 57.0. The van der Waals surface area contributed by atoms with Crippen molar-refractivity contribution in [1.29, 1.82) is 0 Å². The minimum atomic E-state index is -4.70. The molecule has 22 heavy (non-hydrogen) atoms. The van der Waals surface area contributed by atoms with Crippen LogP contribution < -0.4 is 0 Å². The molecule has 0 aliphatic carbocycles. The van der Waals surface area contributed by atoms with Crippen molar-refractivity contribution in [1.82, 2.24) is 0 Å². The van der Waals surface area contributed by atoms with E-state index in [9.17, 15) is 17.4 Å². The molecule has 0 bridgehead atoms. The molecule has 0 amide bonds. The largest absolute Gasteiger partial charge is 0.471 e. The first-order valence-electron chi connectivity index (χ1n) is 6.22. The summed E-state index contributed by atoms with van der Waals surface area (Å²) in [6.45, 7) is 2.31. The lowest BCUT2D eigenvalue weighted by Gasteiger charge is -2.14. The summed E-state index contributed by atoms with van der Waals surface area (Å²) in [7, 11) is -8.39. The van der Waals surface area contributed by atoms with Crippen molar-refractivity contribution in [2.45, 2.75) is 31.3 Å². The quantitative estimate of drug-likeness (QED) is 0.436. The fourth-order valence-corrected chi connectivity index (χ4v) is 2.85. The highest BCUT2D eigenvalue weighted by molar-refractivity contribution is 7.90. The number of halogens is 1. The molecule has 0 aromatic heterocycles. The first-order chi connectivity index (χ1) is 9.92. The second-order valence-electron chi connectivity index (χ2n) is 4.99. The number of hydrogen-bond donors (Lipinski definition) is 2. The van der Waals surface area contributed by atoms with Gasteiger partial charge < -0.3 is 14.5 Å². The SMILES string of the molecule is CC(C)c1cc(F)c(COCOP(=O)(O)O)c(S(C)(=O)=O)c1. The van der Waals surface area contributed by atoms with Gasteiger partial charge >= 0.3 is 7.82 Å². The van der Waals surface area contributed by atoms with Crippen LogP contribution in [0.4, 0.5) is 4.39 Å². The number of phosphoric acid groups is 1. The van der Waals surface area contributed by atoms with Gasteiger partial charge in [-0.05, 0) is 23.6 Å². The second-order valence-corrected chi connectivity index (χ2v) is 8.22. The number of hydrogen-bond acceptors (Lipinski definition) is 5. The Morgan fingerprint density at radius 3 is 2.36 bits per heavy atom. The number of ether oxygens (including phenoxy) is 1. The summed E-state index contributed by atoms with van der Waals surface area (Å²) in [6, 6.07) is 2.58. The van der Waals surface area contributed by atoms with Crippen LogP contribution in [0.15, 0.2) is 17.0 Å². The number of phosphoric ester groups is 1. The summed E-state index contributed by atoms with van der Waals surface area (Å²) in [6.07, 6.45) is 0.946. The van der Waals surface area contributed by atoms with E-state index in [0.717, 1.165) is 6.26 Å². The zero-order valence-corrected chi connectivity index (χ0v) is 14.0. The number of benzene rings is 1. The van der Waals surface area contributed by atoms with Gasteiger partial charge in [-0.3, -0.25) is 4.52 Å². The third-order valence-electron chi connectivity index (χ3n) is 2.79. The van der Waals surface area contributed by atoms with E-state index in [2.05, 4.69) is 4.52 Å². The van der Waals surface area contributed by atoms with E-state index in [0.29, 0.717) is 5.56 Å². The van der Waals surface area contributed by atoms with Crippen molar-refractivity contribution in [3.63, 3.8) is 0 Å². The Kier molecular flexibility index (Phi) is 6.26. The molecule has 2 N–H and O–H groups in total. The molecular formula is C12H18FO7PS. The molecule has 0 radical (unpaired) electrons. The van der Waals surface area contributed by atoms with Crippen LogP contribution in [0.3, 0.4) is 0 Å². The Balaban J connectivity index is 3.05. The van der Waals surface area contributed by atoms with Crippen molar-refractivity contribution >= 4 is 17.7 Å². The standard InChI is InChI=1S/C12H18FO7PS/c1-8(2)9-4-11(13)10(12(5-9)22(3,17)18)6-19-7-20-21(14,15)16/h4-5,8H,6-7H2,1-3H3,(H2,14,15,16). The van der Waals surface area contributed by atoms with E-state index in [1.165, 1.54) is 12.1 Å². The van der Waals surface area contributed by atoms with Crippen LogP contribution in [0, 0.1) is 5.82 Å². The van der Waals surface area contributed by atoms with Crippen LogP contribution in [0.2, 0.25) is 0 Å². The van der Waals surface area contributed by atoms with E-state index < -0.39 is 36.9 Å². The third kappa shape index (κ3) is 5.75. The van der Waals surface area contributed by atoms with Crippen LogP contribution in [-0.2, 0) is 30.3 Å². The zero-order chi connectivity index (χ0) is 17.1. The molecule has 7 nitrogen and oxygen atoms in total. The maximum atomic E-state index is 14.1. The van der Waals surface area contributed by atoms with Gasteiger partial charge in [0.25, 0.3) is 0 Å². The fraction of sp³-hybridized carbons (Fsp3) is 0.500. The van der Waals surface area contributed by atoms with Gasteiger partial charge in [-0.15, -0.1) is 0 Å². The van der Waals surface area contributed by atoms with Gasteiger partial charge in [0.1, 0.15) is 5.82 Å². The van der Waals surface area contributed by atoms with Crippen LogP contribution in [0.5, 0.6) is 0 Å². The Morgan fingerprint density at radius 2 is 1.91 bits per heavy atom. The van der Waals surface area contributed by atoms with Crippen LogP contribution in [0.25, 0.3) is 0 Å². The summed E-state index contributed by atoms with van der Waals surface area (Å²) >= 11 is 0. The van der Waals surface area contributed by atoms with E-state index in [1.807, 2.05) is 0 Å². The highest BCUT2D eigenvalue weighted by atomic mass is 32.2. The average molecular weight is 356 g/mol. The lowest BCUT2D eigenvalue weighted by molar-refractivity contribution is -0.0125. The molecule has 0 atom stereocenters. The van der Waals surface area contributed by atoms with Crippen molar-refractivity contribution in [2.75, 3.05) is 13.0 Å². The third-order valence-corrected chi connectivity index (χ3v) is 4.40. The van der Waals surface area contributed by atoms with E-state index in [4.69, 9.17) is 14.5 Å². The predicted octanol–water partition coefficient (Wildman–Crippen LogP) is 1.94. The molecule has 126 valence electrons. The van der Waals surface area contributed by atoms with E-state index >= 15 is 0 Å². The summed E-state index contributed by atoms with van der Waals surface area (Å²) in [5.41, 5.74) is 0.314. The maximum absolute atomic E-state index is 14.1. The first kappa shape index (κ1) is 19.2. The topological polar surface area (TPSA) is 110 Å². The Bertz CT molecular complexity index is 681. The lowest BCUT2D eigenvalue weighted by Crippen LogP contribution is -2.09. The smallest absolute Gasteiger partial charge is 0.350 e. The van der Waals surface area contributed by atoms with Gasteiger partial charge in [-0.1, -0.05) is 13.8 Å². The molecule has 0 heterocycles. The molecular weight excluding hydrogens is 338 g/mol. The van der Waals surface area contributed by atoms with E-state index in [1.54, 1.807) is 13.8 Å². The monoisotopic (exact) mass is 356 g/mol. The summed E-state index contributed by atoms with van der Waals surface area (Å²) in [5.74, 6) is -0.828. The van der Waals surface area contributed by atoms with Crippen molar-refractivity contribution in [3.05, 3.63) is 29.1 Å². The molecule has 1 rings (SSSR count). The van der Waals surface area contributed by atoms with E-state index in [-0.39, 0.29) is 16.4 Å². The van der Waals surface area contributed by atoms with Crippen molar-refractivity contribution in [3.8, 4) is 0 Å². The van der Waals surface area contributed by atoms with Gasteiger partial charge in [0.05, 0.1) is 11.5 Å². The van der Waals surface area contributed by atoms with Crippen LogP contribution in [-0.4, -0.2) is 31.3 Å². The predicted molar refractivity (Wildman–Crippen MR) is 76.4 cm³/mol. The van der Waals surface area contributed by atoms with Gasteiger partial charge in [0.15, 0.2) is 16.6 Å². The fourth-order valence-electron chi connectivity index (χ4n) is 1.69. The Morgan fingerprint density at radius 1 is 1.32 bits per heavy atom. The molecule has 0 aliphatic rings. The van der Waals surface area contributed by atoms with Crippen molar-refractivity contribution < 1.29 is 36.4 Å². The van der Waals surface area contributed by atoms with Gasteiger partial charge in [0.2, 0.25) is 0 Å². The lowest BCUT2D eigenvalue weighted by atomic mass is 10.0. The van der Waals surface area contributed by atoms with Crippen molar-refractivity contribution in [2.24, 2.45) is 0 Å². The Hall–Kier alpha value is -0.830.